The van der Waals surface area contributed by atoms with Gasteiger partial charge in [-0.25, -0.2) is 0 Å². The minimum atomic E-state index is -0.0363. The molecule has 1 heterocycles. The van der Waals surface area contributed by atoms with Crippen LogP contribution in [0.1, 0.15) is 25.0 Å². The van der Waals surface area contributed by atoms with Gasteiger partial charge in [-0.05, 0) is 105 Å². The van der Waals surface area contributed by atoms with Crippen LogP contribution in [0.15, 0.2) is 194 Å². The van der Waals surface area contributed by atoms with Gasteiger partial charge in [0, 0.05) is 38.9 Å². The molecule has 0 bridgehead atoms. The van der Waals surface area contributed by atoms with Gasteiger partial charge < -0.3 is 9.47 Å². The first-order valence-electron chi connectivity index (χ1n) is 18.4. The summed E-state index contributed by atoms with van der Waals surface area (Å²) in [4.78, 5) is 2.39. The van der Waals surface area contributed by atoms with Crippen molar-refractivity contribution < 1.29 is 0 Å². The van der Waals surface area contributed by atoms with E-state index in [9.17, 15) is 0 Å². The summed E-state index contributed by atoms with van der Waals surface area (Å²) >= 11 is 0. The maximum atomic E-state index is 2.39. The molecule has 0 spiro atoms. The first kappa shape index (κ1) is 31.1. The zero-order chi connectivity index (χ0) is 35.5. The zero-order valence-electron chi connectivity index (χ0n) is 29.9. The van der Waals surface area contributed by atoms with E-state index in [4.69, 9.17) is 0 Å². The van der Waals surface area contributed by atoms with E-state index in [1.165, 1.54) is 66.3 Å². The van der Waals surface area contributed by atoms with Crippen molar-refractivity contribution in [1.29, 1.82) is 0 Å². The van der Waals surface area contributed by atoms with Gasteiger partial charge in [0.25, 0.3) is 0 Å². The summed E-state index contributed by atoms with van der Waals surface area (Å²) in [7, 11) is 0. The first-order chi connectivity index (χ1) is 26.0. The fourth-order valence-electron chi connectivity index (χ4n) is 8.53. The number of hydrogen-bond acceptors (Lipinski definition) is 1. The molecule has 0 radical (unpaired) electrons. The maximum absolute atomic E-state index is 2.39. The molecule has 0 aliphatic heterocycles. The Hall–Kier alpha value is -6.64. The molecule has 8 aromatic carbocycles. The molecule has 0 saturated carbocycles. The average molecular weight is 679 g/mol. The van der Waals surface area contributed by atoms with E-state index < -0.39 is 0 Å². The molecule has 0 atom stereocenters. The molecule has 0 unspecified atom stereocenters. The van der Waals surface area contributed by atoms with E-state index in [0.29, 0.717) is 0 Å². The van der Waals surface area contributed by atoms with Crippen molar-refractivity contribution in [2.45, 2.75) is 19.3 Å². The predicted octanol–water partition coefficient (Wildman–Crippen LogP) is 13.9. The van der Waals surface area contributed by atoms with Gasteiger partial charge in [-0.1, -0.05) is 147 Å². The van der Waals surface area contributed by atoms with E-state index in [0.717, 1.165) is 22.7 Å². The number of fused-ring (bicyclic) bond motifs is 6. The number of nitrogens with zero attached hydrogens (tertiary/aromatic N) is 2. The Morgan fingerprint density at radius 1 is 0.377 bits per heavy atom. The van der Waals surface area contributed by atoms with Gasteiger partial charge in [0.1, 0.15) is 0 Å². The molecule has 10 rings (SSSR count). The van der Waals surface area contributed by atoms with Crippen LogP contribution in [-0.2, 0) is 5.41 Å². The van der Waals surface area contributed by atoms with Crippen molar-refractivity contribution in [3.8, 4) is 39.1 Å². The second-order valence-electron chi connectivity index (χ2n) is 14.6. The van der Waals surface area contributed by atoms with Crippen LogP contribution >= 0.6 is 0 Å². The molecule has 0 fully saturated rings. The molecular weight excluding hydrogens is 641 g/mol. The number of benzene rings is 8. The van der Waals surface area contributed by atoms with Crippen molar-refractivity contribution in [3.63, 3.8) is 0 Å². The van der Waals surface area contributed by atoms with Crippen LogP contribution in [0.3, 0.4) is 0 Å². The monoisotopic (exact) mass is 678 g/mol. The van der Waals surface area contributed by atoms with Crippen molar-refractivity contribution in [1.82, 2.24) is 4.57 Å². The molecule has 0 amide bonds. The van der Waals surface area contributed by atoms with Crippen molar-refractivity contribution in [2.24, 2.45) is 0 Å². The molecule has 0 N–H and O–H groups in total. The van der Waals surface area contributed by atoms with Gasteiger partial charge in [-0.15, -0.1) is 0 Å². The largest absolute Gasteiger partial charge is 0.310 e. The Bertz CT molecular complexity index is 2720. The summed E-state index contributed by atoms with van der Waals surface area (Å²) in [5.74, 6) is 0. The van der Waals surface area contributed by atoms with E-state index in [1.807, 2.05) is 0 Å². The van der Waals surface area contributed by atoms with Crippen LogP contribution in [0.5, 0.6) is 0 Å². The van der Waals surface area contributed by atoms with Crippen molar-refractivity contribution >= 4 is 38.9 Å². The highest BCUT2D eigenvalue weighted by molar-refractivity contribution is 6.09. The Balaban J connectivity index is 1.03. The molecule has 0 saturated heterocycles. The van der Waals surface area contributed by atoms with Gasteiger partial charge in [-0.2, -0.15) is 0 Å². The number of aromatic nitrogens is 1. The molecular formula is C51H38N2. The van der Waals surface area contributed by atoms with Crippen LogP contribution in [0.2, 0.25) is 0 Å². The number of anilines is 3. The number of para-hydroxylation sites is 2. The normalized spacial score (nSPS) is 12.9. The molecule has 9 aromatic rings. The highest BCUT2D eigenvalue weighted by Gasteiger charge is 2.35. The third kappa shape index (κ3) is 5.10. The highest BCUT2D eigenvalue weighted by atomic mass is 15.1. The summed E-state index contributed by atoms with van der Waals surface area (Å²) in [6.45, 7) is 4.68. The maximum Gasteiger partial charge on any atom is 0.0541 e. The lowest BCUT2D eigenvalue weighted by atomic mass is 9.82. The van der Waals surface area contributed by atoms with Gasteiger partial charge >= 0.3 is 0 Å². The summed E-state index contributed by atoms with van der Waals surface area (Å²) in [5.41, 5.74) is 17.2. The molecule has 2 heteroatoms. The summed E-state index contributed by atoms with van der Waals surface area (Å²) < 4.78 is 2.37. The van der Waals surface area contributed by atoms with Crippen LogP contribution in [0, 0.1) is 0 Å². The minimum Gasteiger partial charge on any atom is -0.310 e. The predicted molar refractivity (Wildman–Crippen MR) is 224 cm³/mol. The van der Waals surface area contributed by atoms with Gasteiger partial charge in [-0.3, -0.25) is 0 Å². The smallest absolute Gasteiger partial charge is 0.0541 e. The second kappa shape index (κ2) is 12.3. The Kier molecular flexibility index (Phi) is 7.19. The summed E-state index contributed by atoms with van der Waals surface area (Å²) in [6, 6.07) is 70.8. The van der Waals surface area contributed by atoms with Gasteiger partial charge in [0.2, 0.25) is 0 Å². The third-order valence-electron chi connectivity index (χ3n) is 11.2. The number of hydrogen-bond donors (Lipinski definition) is 0. The topological polar surface area (TPSA) is 8.17 Å². The van der Waals surface area contributed by atoms with Crippen LogP contribution in [0.25, 0.3) is 60.9 Å². The van der Waals surface area contributed by atoms with Crippen molar-refractivity contribution in [2.75, 3.05) is 4.90 Å². The molecule has 1 aliphatic rings. The van der Waals surface area contributed by atoms with E-state index in [1.54, 1.807) is 0 Å². The lowest BCUT2D eigenvalue weighted by molar-refractivity contribution is 0.660. The van der Waals surface area contributed by atoms with Gasteiger partial charge in [0.15, 0.2) is 0 Å². The van der Waals surface area contributed by atoms with Gasteiger partial charge in [0.05, 0.1) is 11.0 Å². The Morgan fingerprint density at radius 2 is 0.830 bits per heavy atom. The molecule has 252 valence electrons. The van der Waals surface area contributed by atoms with Crippen LogP contribution < -0.4 is 4.90 Å². The van der Waals surface area contributed by atoms with Crippen molar-refractivity contribution in [3.05, 3.63) is 205 Å². The quantitative estimate of drug-likeness (QED) is 0.170. The molecule has 53 heavy (non-hydrogen) atoms. The lowest BCUT2D eigenvalue weighted by Gasteiger charge is -2.27. The summed E-state index contributed by atoms with van der Waals surface area (Å²) in [6.07, 6.45) is 0. The number of rotatable bonds is 6. The summed E-state index contributed by atoms with van der Waals surface area (Å²) in [5, 5.41) is 2.55. The first-order valence-corrected chi connectivity index (χ1v) is 18.4. The second-order valence-corrected chi connectivity index (χ2v) is 14.6. The standard InChI is InChI=1S/C51H38N2/c1-51(2)47-17-9-6-14-43(47)46-34-42(32-33-48(46)51)52(39-26-20-36(21-27-39)35-12-4-3-5-13-35)40-28-22-37(23-29-40)38-24-30-41(31-25-38)53-49-18-10-7-15-44(49)45-16-8-11-19-50(45)53/h3-34H,1-2H3. The zero-order valence-corrected chi connectivity index (χ0v) is 29.9. The van der Waals surface area contributed by atoms with Crippen LogP contribution in [0.4, 0.5) is 17.1 Å². The van der Waals surface area contributed by atoms with Crippen LogP contribution in [-0.4, -0.2) is 4.57 Å². The highest BCUT2D eigenvalue weighted by Crippen LogP contribution is 2.50. The lowest BCUT2D eigenvalue weighted by Crippen LogP contribution is -2.15. The third-order valence-corrected chi connectivity index (χ3v) is 11.2. The van der Waals surface area contributed by atoms with E-state index >= 15 is 0 Å². The minimum absolute atomic E-state index is 0.0363. The Labute approximate surface area is 310 Å². The molecule has 1 aliphatic carbocycles. The average Bonchev–Trinajstić information content (AvgIpc) is 3.67. The molecule has 2 nitrogen and oxygen atoms in total. The molecule has 1 aromatic heterocycles. The fourth-order valence-corrected chi connectivity index (χ4v) is 8.53. The fraction of sp³-hybridized carbons (Fsp3) is 0.0588. The SMILES string of the molecule is CC1(C)c2ccccc2-c2cc(N(c3ccc(-c4ccccc4)cc3)c3ccc(-c4ccc(-n5c6ccccc6c6ccccc65)cc4)cc3)ccc21. The Morgan fingerprint density at radius 3 is 1.43 bits per heavy atom. The van der Waals surface area contributed by atoms with E-state index in [-0.39, 0.29) is 5.41 Å². The van der Waals surface area contributed by atoms with E-state index in [2.05, 4.69) is 217 Å².